The monoisotopic (exact) mass is 340 g/mol. The van der Waals surface area contributed by atoms with Crippen LogP contribution in [-0.4, -0.2) is 6.54 Å². The van der Waals surface area contributed by atoms with Gasteiger partial charge in [0, 0.05) is 17.5 Å². The normalized spacial score (nSPS) is 18.5. The fraction of sp³-hybridized carbons (Fsp3) is 0.286. The van der Waals surface area contributed by atoms with Gasteiger partial charge in [-0.3, -0.25) is 0 Å². The Bertz CT molecular complexity index is 626. The van der Waals surface area contributed by atoms with E-state index in [-0.39, 0.29) is 11.9 Å². The fourth-order valence-corrected chi connectivity index (χ4v) is 3.96. The maximum atomic E-state index is 13.8. The van der Waals surface area contributed by atoms with Gasteiger partial charge in [0.05, 0.1) is 21.9 Å². The highest BCUT2D eigenvalue weighted by Gasteiger charge is 2.26. The first-order valence-corrected chi connectivity index (χ1v) is 7.82. The SMILES string of the molecule is CC1c2ccsc2CCN1c1cc(F)c(Br)cc1N. The Morgan fingerprint density at radius 1 is 1.47 bits per heavy atom. The van der Waals surface area contributed by atoms with E-state index >= 15 is 0 Å². The summed E-state index contributed by atoms with van der Waals surface area (Å²) in [5, 5.41) is 2.12. The first-order valence-electron chi connectivity index (χ1n) is 6.15. The minimum absolute atomic E-state index is 0.234. The highest BCUT2D eigenvalue weighted by atomic mass is 79.9. The number of hydrogen-bond acceptors (Lipinski definition) is 3. The van der Waals surface area contributed by atoms with Crippen LogP contribution in [-0.2, 0) is 6.42 Å². The van der Waals surface area contributed by atoms with E-state index in [9.17, 15) is 4.39 Å². The number of rotatable bonds is 1. The Balaban J connectivity index is 2.02. The van der Waals surface area contributed by atoms with Crippen LogP contribution in [0.2, 0.25) is 0 Å². The molecule has 0 saturated carbocycles. The van der Waals surface area contributed by atoms with Crippen molar-refractivity contribution in [2.24, 2.45) is 0 Å². The standard InChI is InChI=1S/C14H14BrFN2S/c1-8-9-3-5-19-14(9)2-4-18(8)13-7-11(16)10(15)6-12(13)17/h3,5-8H,2,4,17H2,1H3. The molecular weight excluding hydrogens is 327 g/mol. The third-order valence-electron chi connectivity index (χ3n) is 3.66. The molecule has 2 nitrogen and oxygen atoms in total. The van der Waals surface area contributed by atoms with Crippen LogP contribution in [0.3, 0.4) is 0 Å². The van der Waals surface area contributed by atoms with E-state index in [1.165, 1.54) is 16.5 Å². The van der Waals surface area contributed by atoms with E-state index in [1.807, 2.05) is 0 Å². The van der Waals surface area contributed by atoms with Crippen LogP contribution >= 0.6 is 27.3 Å². The van der Waals surface area contributed by atoms with Crippen molar-refractivity contribution in [3.8, 4) is 0 Å². The van der Waals surface area contributed by atoms with E-state index in [2.05, 4.69) is 39.2 Å². The van der Waals surface area contributed by atoms with E-state index in [4.69, 9.17) is 5.73 Å². The third kappa shape index (κ3) is 2.15. The first kappa shape index (κ1) is 12.9. The number of benzene rings is 1. The second-order valence-corrected chi connectivity index (χ2v) is 6.60. The van der Waals surface area contributed by atoms with Crippen molar-refractivity contribution >= 4 is 38.6 Å². The molecule has 0 amide bonds. The lowest BCUT2D eigenvalue weighted by molar-refractivity contribution is 0.608. The summed E-state index contributed by atoms with van der Waals surface area (Å²) in [5.74, 6) is -0.271. The zero-order chi connectivity index (χ0) is 13.6. The molecule has 0 aliphatic carbocycles. The summed E-state index contributed by atoms with van der Waals surface area (Å²) in [6, 6.07) is 5.55. The minimum Gasteiger partial charge on any atom is -0.397 e. The molecule has 2 heterocycles. The Labute approximate surface area is 124 Å². The second kappa shape index (κ2) is 4.80. The molecule has 1 aliphatic heterocycles. The van der Waals surface area contributed by atoms with Crippen molar-refractivity contribution in [2.75, 3.05) is 17.2 Å². The van der Waals surface area contributed by atoms with E-state index in [1.54, 1.807) is 17.4 Å². The van der Waals surface area contributed by atoms with Gasteiger partial charge in [0.15, 0.2) is 0 Å². The van der Waals surface area contributed by atoms with Gasteiger partial charge in [-0.25, -0.2) is 4.39 Å². The topological polar surface area (TPSA) is 29.3 Å². The fourth-order valence-electron chi connectivity index (χ4n) is 2.64. The number of anilines is 2. The summed E-state index contributed by atoms with van der Waals surface area (Å²) in [6.45, 7) is 3.02. The number of nitrogens with zero attached hydrogens (tertiary/aromatic N) is 1. The van der Waals surface area contributed by atoms with Gasteiger partial charge in [-0.1, -0.05) is 0 Å². The zero-order valence-corrected chi connectivity index (χ0v) is 12.9. The van der Waals surface area contributed by atoms with Crippen LogP contribution < -0.4 is 10.6 Å². The predicted molar refractivity (Wildman–Crippen MR) is 82.3 cm³/mol. The highest BCUT2D eigenvalue weighted by Crippen LogP contribution is 2.39. The summed E-state index contributed by atoms with van der Waals surface area (Å²) in [6.07, 6.45) is 0.995. The van der Waals surface area contributed by atoms with Crippen molar-refractivity contribution < 1.29 is 4.39 Å². The number of thiophene rings is 1. The van der Waals surface area contributed by atoms with Gasteiger partial charge in [-0.15, -0.1) is 11.3 Å². The Morgan fingerprint density at radius 3 is 3.05 bits per heavy atom. The number of halogens is 2. The molecule has 0 fully saturated rings. The molecule has 0 radical (unpaired) electrons. The van der Waals surface area contributed by atoms with Gasteiger partial charge in [0.2, 0.25) is 0 Å². The molecule has 2 N–H and O–H groups in total. The van der Waals surface area contributed by atoms with Crippen molar-refractivity contribution in [1.82, 2.24) is 0 Å². The molecule has 1 atom stereocenters. The first-order chi connectivity index (χ1) is 9.08. The molecule has 1 aromatic carbocycles. The molecule has 2 aromatic rings. The van der Waals surface area contributed by atoms with Gasteiger partial charge in [-0.2, -0.15) is 0 Å². The lowest BCUT2D eigenvalue weighted by atomic mass is 10.0. The summed E-state index contributed by atoms with van der Waals surface area (Å²) in [4.78, 5) is 3.61. The number of nitrogen functional groups attached to an aromatic ring is 1. The predicted octanol–water partition coefficient (Wildman–Crippen LogP) is 4.36. The van der Waals surface area contributed by atoms with E-state index in [0.717, 1.165) is 18.7 Å². The molecule has 100 valence electrons. The van der Waals surface area contributed by atoms with Crippen molar-refractivity contribution in [2.45, 2.75) is 19.4 Å². The molecule has 0 saturated heterocycles. The summed E-state index contributed by atoms with van der Waals surface area (Å²) >= 11 is 4.96. The van der Waals surface area contributed by atoms with Crippen molar-refractivity contribution in [1.29, 1.82) is 0 Å². The third-order valence-corrected chi connectivity index (χ3v) is 5.26. The molecule has 1 aromatic heterocycles. The highest BCUT2D eigenvalue weighted by molar-refractivity contribution is 9.10. The lowest BCUT2D eigenvalue weighted by Gasteiger charge is -2.36. The van der Waals surface area contributed by atoms with E-state index < -0.39 is 0 Å². The quantitative estimate of drug-likeness (QED) is 0.781. The van der Waals surface area contributed by atoms with Gasteiger partial charge < -0.3 is 10.6 Å². The van der Waals surface area contributed by atoms with Gasteiger partial charge in [0.25, 0.3) is 0 Å². The molecule has 1 aliphatic rings. The summed E-state index contributed by atoms with van der Waals surface area (Å²) in [5.41, 5.74) is 8.77. The maximum absolute atomic E-state index is 13.8. The lowest BCUT2D eigenvalue weighted by Crippen LogP contribution is -2.33. The van der Waals surface area contributed by atoms with Gasteiger partial charge in [-0.05, 0) is 52.4 Å². The molecule has 3 rings (SSSR count). The van der Waals surface area contributed by atoms with Crippen molar-refractivity contribution in [3.05, 3.63) is 44.3 Å². The largest absolute Gasteiger partial charge is 0.397 e. The summed E-state index contributed by atoms with van der Waals surface area (Å²) in [7, 11) is 0. The summed E-state index contributed by atoms with van der Waals surface area (Å²) < 4.78 is 14.2. The minimum atomic E-state index is -0.271. The van der Waals surface area contributed by atoms with Crippen LogP contribution in [0.1, 0.15) is 23.4 Å². The van der Waals surface area contributed by atoms with Crippen molar-refractivity contribution in [3.63, 3.8) is 0 Å². The van der Waals surface area contributed by atoms with Crippen LogP contribution in [0.25, 0.3) is 0 Å². The zero-order valence-electron chi connectivity index (χ0n) is 10.5. The average Bonchev–Trinajstić information content (AvgIpc) is 2.84. The molecular formula is C14H14BrFN2S. The van der Waals surface area contributed by atoms with Crippen LogP contribution in [0.15, 0.2) is 28.1 Å². The molecule has 5 heteroatoms. The average molecular weight is 341 g/mol. The van der Waals surface area contributed by atoms with Crippen LogP contribution in [0.4, 0.5) is 15.8 Å². The number of nitrogens with two attached hydrogens (primary N) is 1. The number of hydrogen-bond donors (Lipinski definition) is 1. The Morgan fingerprint density at radius 2 is 2.26 bits per heavy atom. The maximum Gasteiger partial charge on any atom is 0.139 e. The molecule has 1 unspecified atom stereocenters. The van der Waals surface area contributed by atoms with Crippen LogP contribution in [0.5, 0.6) is 0 Å². The molecule has 19 heavy (non-hydrogen) atoms. The van der Waals surface area contributed by atoms with E-state index in [0.29, 0.717) is 10.2 Å². The molecule has 0 bridgehead atoms. The van der Waals surface area contributed by atoms with Gasteiger partial charge >= 0.3 is 0 Å². The Hall–Kier alpha value is -1.07. The molecule has 0 spiro atoms. The van der Waals surface area contributed by atoms with Crippen LogP contribution in [0, 0.1) is 5.82 Å². The number of fused-ring (bicyclic) bond motifs is 1. The smallest absolute Gasteiger partial charge is 0.139 e. The van der Waals surface area contributed by atoms with Gasteiger partial charge in [0.1, 0.15) is 5.82 Å². The Kier molecular flexibility index (Phi) is 3.27. The second-order valence-electron chi connectivity index (χ2n) is 4.74.